The molecule has 0 aromatic heterocycles. The number of rotatable bonds is 5. The molecule has 0 saturated carbocycles. The third kappa shape index (κ3) is 3.18. The van der Waals surface area contributed by atoms with Gasteiger partial charge in [-0.3, -0.25) is 25.2 Å². The number of anilines is 2. The molecule has 22 heavy (non-hydrogen) atoms. The maximum absolute atomic E-state index is 11.4. The fraction of sp³-hybridized carbons (Fsp3) is 0.500. The van der Waals surface area contributed by atoms with Crippen LogP contribution in [-0.2, 0) is 20.8 Å². The molecule has 0 spiro atoms. The summed E-state index contributed by atoms with van der Waals surface area (Å²) in [4.78, 5) is 27.5. The number of nitro benzene ring substituents is 1. The van der Waals surface area contributed by atoms with Gasteiger partial charge in [0.05, 0.1) is 18.1 Å². The lowest BCUT2D eigenvalue weighted by atomic mass is 10.0. The molecule has 1 atom stereocenters. The summed E-state index contributed by atoms with van der Waals surface area (Å²) in [6, 6.07) is 3.04. The topological polar surface area (TPSA) is 103 Å². The second-order valence-corrected chi connectivity index (χ2v) is 5.47. The van der Waals surface area contributed by atoms with E-state index in [2.05, 4.69) is 10.8 Å². The fourth-order valence-electron chi connectivity index (χ4n) is 2.60. The van der Waals surface area contributed by atoms with E-state index < -0.39 is 4.92 Å². The summed E-state index contributed by atoms with van der Waals surface area (Å²) < 4.78 is 5.24. The van der Waals surface area contributed by atoms with E-state index in [1.165, 1.54) is 6.07 Å². The zero-order chi connectivity index (χ0) is 15.5. The SMILES string of the molecule is O=C1CCc2cc([N+](=O)[O-])c(NOCC3CCOC3)cc2N1. The third-order valence-corrected chi connectivity index (χ3v) is 3.84. The number of aryl methyl sites for hydroxylation is 1. The summed E-state index contributed by atoms with van der Waals surface area (Å²) >= 11 is 0. The summed E-state index contributed by atoms with van der Waals surface area (Å²) in [5.74, 6) is 0.209. The Morgan fingerprint density at radius 2 is 2.32 bits per heavy atom. The van der Waals surface area contributed by atoms with Crippen LogP contribution < -0.4 is 10.8 Å². The first-order chi connectivity index (χ1) is 10.6. The van der Waals surface area contributed by atoms with Gasteiger partial charge in [0, 0.05) is 30.7 Å². The van der Waals surface area contributed by atoms with Crippen LogP contribution in [0.2, 0.25) is 0 Å². The van der Waals surface area contributed by atoms with Gasteiger partial charge in [-0.05, 0) is 24.5 Å². The molecule has 8 heteroatoms. The molecule has 0 aliphatic carbocycles. The van der Waals surface area contributed by atoms with Gasteiger partial charge in [-0.25, -0.2) is 0 Å². The Morgan fingerprint density at radius 1 is 1.45 bits per heavy atom. The van der Waals surface area contributed by atoms with Crippen molar-refractivity contribution in [1.29, 1.82) is 0 Å². The lowest BCUT2D eigenvalue weighted by Crippen LogP contribution is -2.20. The van der Waals surface area contributed by atoms with E-state index in [9.17, 15) is 14.9 Å². The Kier molecular flexibility index (Phi) is 4.21. The van der Waals surface area contributed by atoms with Crippen LogP contribution in [0.1, 0.15) is 18.4 Å². The zero-order valence-electron chi connectivity index (χ0n) is 12.0. The number of nitro groups is 1. The van der Waals surface area contributed by atoms with Crippen LogP contribution in [0.15, 0.2) is 12.1 Å². The van der Waals surface area contributed by atoms with Crippen molar-refractivity contribution in [2.24, 2.45) is 5.92 Å². The number of nitrogens with zero attached hydrogens (tertiary/aromatic N) is 1. The highest BCUT2D eigenvalue weighted by Crippen LogP contribution is 2.34. The molecule has 2 N–H and O–H groups in total. The number of hydrogen-bond acceptors (Lipinski definition) is 6. The van der Waals surface area contributed by atoms with Gasteiger partial charge in [0.25, 0.3) is 5.69 Å². The summed E-state index contributed by atoms with van der Waals surface area (Å²) in [6.45, 7) is 1.78. The predicted octanol–water partition coefficient (Wildman–Crippen LogP) is 1.86. The van der Waals surface area contributed by atoms with Crippen LogP contribution in [0, 0.1) is 16.0 Å². The second kappa shape index (κ2) is 6.29. The van der Waals surface area contributed by atoms with E-state index >= 15 is 0 Å². The molecular formula is C14H17N3O5. The monoisotopic (exact) mass is 307 g/mol. The van der Waals surface area contributed by atoms with Gasteiger partial charge >= 0.3 is 0 Å². The molecule has 118 valence electrons. The van der Waals surface area contributed by atoms with Crippen LogP contribution >= 0.6 is 0 Å². The van der Waals surface area contributed by atoms with Crippen LogP contribution in [-0.4, -0.2) is 30.7 Å². The van der Waals surface area contributed by atoms with Gasteiger partial charge in [0.2, 0.25) is 5.91 Å². The van der Waals surface area contributed by atoms with Crippen LogP contribution in [0.5, 0.6) is 0 Å². The normalized spacial score (nSPS) is 20.4. The number of carbonyl (C=O) groups excluding carboxylic acids is 1. The minimum absolute atomic E-state index is 0.0578. The molecule has 0 radical (unpaired) electrons. The van der Waals surface area contributed by atoms with Crippen molar-refractivity contribution in [3.63, 3.8) is 0 Å². The minimum Gasteiger partial charge on any atom is -0.381 e. The highest BCUT2D eigenvalue weighted by molar-refractivity contribution is 5.95. The maximum Gasteiger partial charge on any atom is 0.295 e. The van der Waals surface area contributed by atoms with Crippen LogP contribution in [0.3, 0.4) is 0 Å². The minimum atomic E-state index is -0.457. The van der Waals surface area contributed by atoms with Gasteiger partial charge < -0.3 is 10.1 Å². The average Bonchev–Trinajstić information content (AvgIpc) is 2.99. The predicted molar refractivity (Wildman–Crippen MR) is 78.5 cm³/mol. The molecule has 2 aliphatic heterocycles. The Labute approximate surface area is 126 Å². The summed E-state index contributed by atoms with van der Waals surface area (Å²) in [5, 5.41) is 13.9. The van der Waals surface area contributed by atoms with Gasteiger partial charge in [-0.2, -0.15) is 0 Å². The lowest BCUT2D eigenvalue weighted by molar-refractivity contribution is -0.384. The standard InChI is InChI=1S/C14H17N3O5/c18-14-2-1-10-5-13(17(19)20)12(6-11(10)15-14)16-22-8-9-3-4-21-7-9/h5-6,9,16H,1-4,7-8H2,(H,15,18). The van der Waals surface area contributed by atoms with E-state index in [4.69, 9.17) is 9.57 Å². The smallest absolute Gasteiger partial charge is 0.295 e. The van der Waals surface area contributed by atoms with Gasteiger partial charge in [0.1, 0.15) is 5.69 Å². The lowest BCUT2D eigenvalue weighted by Gasteiger charge is -2.18. The van der Waals surface area contributed by atoms with Crippen molar-refractivity contribution in [3.05, 3.63) is 27.8 Å². The van der Waals surface area contributed by atoms with E-state index in [1.807, 2.05) is 0 Å². The summed E-state index contributed by atoms with van der Waals surface area (Å²) in [7, 11) is 0. The number of amides is 1. The summed E-state index contributed by atoms with van der Waals surface area (Å²) in [5.41, 5.74) is 4.18. The number of benzene rings is 1. The molecule has 1 aromatic rings. The Balaban J connectivity index is 1.74. The van der Waals surface area contributed by atoms with Crippen molar-refractivity contribution in [2.45, 2.75) is 19.3 Å². The molecule has 1 unspecified atom stereocenters. The Bertz CT molecular complexity index is 598. The van der Waals surface area contributed by atoms with E-state index in [0.29, 0.717) is 37.7 Å². The number of hydrogen-bond donors (Lipinski definition) is 2. The molecule has 2 heterocycles. The van der Waals surface area contributed by atoms with E-state index in [-0.39, 0.29) is 17.3 Å². The van der Waals surface area contributed by atoms with Crippen LogP contribution in [0.4, 0.5) is 17.1 Å². The fourth-order valence-corrected chi connectivity index (χ4v) is 2.60. The first-order valence-electron chi connectivity index (χ1n) is 7.20. The first kappa shape index (κ1) is 14.7. The molecule has 0 bridgehead atoms. The number of carbonyl (C=O) groups is 1. The maximum atomic E-state index is 11.4. The number of nitrogens with one attached hydrogen (secondary N) is 2. The second-order valence-electron chi connectivity index (χ2n) is 5.47. The molecule has 8 nitrogen and oxygen atoms in total. The Hall–Kier alpha value is -2.19. The summed E-state index contributed by atoms with van der Waals surface area (Å²) in [6.07, 6.45) is 1.77. The molecule has 3 rings (SSSR count). The largest absolute Gasteiger partial charge is 0.381 e. The first-order valence-corrected chi connectivity index (χ1v) is 7.20. The van der Waals surface area contributed by atoms with Crippen molar-refractivity contribution in [3.8, 4) is 0 Å². The van der Waals surface area contributed by atoms with Crippen molar-refractivity contribution in [2.75, 3.05) is 30.6 Å². The zero-order valence-corrected chi connectivity index (χ0v) is 12.0. The molecular weight excluding hydrogens is 290 g/mol. The number of fused-ring (bicyclic) bond motifs is 1. The molecule has 2 aliphatic rings. The van der Waals surface area contributed by atoms with Crippen molar-refractivity contribution >= 4 is 23.0 Å². The molecule has 1 aromatic carbocycles. The Morgan fingerprint density at radius 3 is 3.05 bits per heavy atom. The molecule has 1 amide bonds. The highest BCUT2D eigenvalue weighted by Gasteiger charge is 2.23. The molecule has 1 fully saturated rings. The molecule has 1 saturated heterocycles. The quantitative estimate of drug-likeness (QED) is 0.636. The third-order valence-electron chi connectivity index (χ3n) is 3.84. The van der Waals surface area contributed by atoms with Crippen LogP contribution in [0.25, 0.3) is 0 Å². The van der Waals surface area contributed by atoms with Gasteiger partial charge in [-0.1, -0.05) is 0 Å². The van der Waals surface area contributed by atoms with Gasteiger partial charge in [-0.15, -0.1) is 0 Å². The highest BCUT2D eigenvalue weighted by atomic mass is 16.6. The average molecular weight is 307 g/mol. The van der Waals surface area contributed by atoms with Gasteiger partial charge in [0.15, 0.2) is 0 Å². The van der Waals surface area contributed by atoms with Crippen molar-refractivity contribution in [1.82, 2.24) is 0 Å². The van der Waals surface area contributed by atoms with Crippen molar-refractivity contribution < 1.29 is 19.3 Å². The van der Waals surface area contributed by atoms with E-state index in [1.54, 1.807) is 6.07 Å². The number of ether oxygens (including phenoxy) is 1. The van der Waals surface area contributed by atoms with E-state index in [0.717, 1.165) is 18.6 Å².